The molecule has 172 valence electrons. The zero-order valence-electron chi connectivity index (χ0n) is 18.8. The minimum atomic E-state index is -0.439. The Bertz CT molecular complexity index is 977. The summed E-state index contributed by atoms with van der Waals surface area (Å²) in [4.78, 5) is 31.5. The van der Waals surface area contributed by atoms with Crippen LogP contribution < -0.4 is 10.1 Å². The Labute approximate surface area is 187 Å². The molecule has 1 saturated heterocycles. The van der Waals surface area contributed by atoms with Crippen LogP contribution in [0.3, 0.4) is 0 Å². The quantitative estimate of drug-likeness (QED) is 0.662. The summed E-state index contributed by atoms with van der Waals surface area (Å²) in [5.74, 6) is 2.02. The number of nitrogens with zero attached hydrogens (tertiary/aromatic N) is 3. The Morgan fingerprint density at radius 2 is 2.12 bits per heavy atom. The highest BCUT2D eigenvalue weighted by Gasteiger charge is 2.58. The molecule has 3 atom stereocenters. The van der Waals surface area contributed by atoms with Gasteiger partial charge in [0.05, 0.1) is 12.5 Å². The number of hydrogen-bond donors (Lipinski definition) is 1. The van der Waals surface area contributed by atoms with Gasteiger partial charge in [-0.3, -0.25) is 9.59 Å². The average molecular weight is 443 g/mol. The third kappa shape index (κ3) is 4.34. The number of likely N-dealkylation sites (tertiary alicyclic amines) is 1. The zero-order valence-corrected chi connectivity index (χ0v) is 18.8. The van der Waals surface area contributed by atoms with Gasteiger partial charge in [0.25, 0.3) is 0 Å². The number of aryl methyl sites for hydroxylation is 2. The van der Waals surface area contributed by atoms with Crippen molar-refractivity contribution >= 4 is 11.8 Å². The predicted octanol–water partition coefficient (Wildman–Crippen LogP) is 1.64. The standard InChI is InChI=1S/C23H30N4O5/c1-15-24-22(32-26-15)23-11-18(10-17(23)12-27(14-23)21(29)13-30-2)25-20(28)9-8-16-6-4-5-7-19(16)31-3/h4-7,17-18H,8-14H2,1-3H3,(H,25,28). The number of para-hydroxylation sites is 1. The molecule has 1 aromatic carbocycles. The first-order valence-corrected chi connectivity index (χ1v) is 10.9. The molecule has 2 aliphatic rings. The third-order valence-corrected chi connectivity index (χ3v) is 6.63. The van der Waals surface area contributed by atoms with Crippen LogP contribution >= 0.6 is 0 Å². The van der Waals surface area contributed by atoms with Gasteiger partial charge in [-0.1, -0.05) is 23.4 Å². The highest BCUT2D eigenvalue weighted by molar-refractivity contribution is 5.78. The Balaban J connectivity index is 1.42. The van der Waals surface area contributed by atoms with Gasteiger partial charge in [0.15, 0.2) is 5.82 Å². The third-order valence-electron chi connectivity index (χ3n) is 6.63. The molecule has 0 bridgehead atoms. The van der Waals surface area contributed by atoms with Gasteiger partial charge in [-0.2, -0.15) is 4.98 Å². The summed E-state index contributed by atoms with van der Waals surface area (Å²) in [6.07, 6.45) is 2.42. The van der Waals surface area contributed by atoms with E-state index in [0.29, 0.717) is 44.1 Å². The molecule has 4 rings (SSSR count). The predicted molar refractivity (Wildman–Crippen MR) is 115 cm³/mol. The van der Waals surface area contributed by atoms with Crippen LogP contribution in [0.15, 0.2) is 28.8 Å². The monoisotopic (exact) mass is 442 g/mol. The summed E-state index contributed by atoms with van der Waals surface area (Å²) >= 11 is 0. The molecule has 3 unspecified atom stereocenters. The molecular weight excluding hydrogens is 412 g/mol. The van der Waals surface area contributed by atoms with E-state index in [4.69, 9.17) is 14.0 Å². The second-order valence-corrected chi connectivity index (χ2v) is 8.72. The van der Waals surface area contributed by atoms with Crippen molar-refractivity contribution in [2.45, 2.75) is 44.1 Å². The van der Waals surface area contributed by atoms with Crippen molar-refractivity contribution in [1.82, 2.24) is 20.4 Å². The summed E-state index contributed by atoms with van der Waals surface area (Å²) in [5, 5.41) is 7.16. The van der Waals surface area contributed by atoms with Crippen LogP contribution in [0.1, 0.15) is 36.5 Å². The molecule has 1 aliphatic carbocycles. The van der Waals surface area contributed by atoms with E-state index in [0.717, 1.165) is 17.7 Å². The molecule has 9 nitrogen and oxygen atoms in total. The molecule has 2 fully saturated rings. The van der Waals surface area contributed by atoms with Gasteiger partial charge < -0.3 is 24.2 Å². The fraction of sp³-hybridized carbons (Fsp3) is 0.565. The Morgan fingerprint density at radius 3 is 2.84 bits per heavy atom. The lowest BCUT2D eigenvalue weighted by molar-refractivity contribution is -0.134. The number of nitrogens with one attached hydrogen (secondary N) is 1. The summed E-state index contributed by atoms with van der Waals surface area (Å²) in [7, 11) is 3.15. The van der Waals surface area contributed by atoms with Crippen molar-refractivity contribution in [2.75, 3.05) is 33.9 Å². The Morgan fingerprint density at radius 1 is 1.31 bits per heavy atom. The molecule has 2 heterocycles. The van der Waals surface area contributed by atoms with Crippen molar-refractivity contribution in [3.63, 3.8) is 0 Å². The first-order valence-electron chi connectivity index (χ1n) is 10.9. The second kappa shape index (κ2) is 9.28. The molecule has 9 heteroatoms. The molecule has 0 spiro atoms. The van der Waals surface area contributed by atoms with Gasteiger partial charge in [0.2, 0.25) is 17.7 Å². The van der Waals surface area contributed by atoms with E-state index in [-0.39, 0.29) is 30.4 Å². The Hall–Kier alpha value is -2.94. The van der Waals surface area contributed by atoms with Gasteiger partial charge >= 0.3 is 0 Å². The first kappa shape index (κ1) is 22.3. The van der Waals surface area contributed by atoms with Gasteiger partial charge in [0.1, 0.15) is 12.4 Å². The number of rotatable bonds is 8. The number of fused-ring (bicyclic) bond motifs is 1. The normalized spacial score (nSPS) is 24.4. The number of carbonyl (C=O) groups excluding carboxylic acids is 2. The molecule has 1 N–H and O–H groups in total. The van der Waals surface area contributed by atoms with E-state index >= 15 is 0 Å². The molecule has 1 saturated carbocycles. The average Bonchev–Trinajstić information content (AvgIpc) is 3.45. The van der Waals surface area contributed by atoms with E-state index in [1.165, 1.54) is 7.11 Å². The highest BCUT2D eigenvalue weighted by atomic mass is 16.5. The number of carbonyl (C=O) groups is 2. The topological polar surface area (TPSA) is 107 Å². The lowest BCUT2D eigenvalue weighted by atomic mass is 9.80. The molecule has 0 radical (unpaired) electrons. The van der Waals surface area contributed by atoms with Crippen LogP contribution in [0, 0.1) is 12.8 Å². The van der Waals surface area contributed by atoms with Crippen LogP contribution in [-0.2, 0) is 26.2 Å². The number of ether oxygens (including phenoxy) is 2. The first-order chi connectivity index (χ1) is 15.4. The number of hydrogen-bond acceptors (Lipinski definition) is 7. The van der Waals surface area contributed by atoms with Crippen LogP contribution in [-0.4, -0.2) is 66.8 Å². The number of benzene rings is 1. The fourth-order valence-corrected chi connectivity index (χ4v) is 5.17. The summed E-state index contributed by atoms with van der Waals surface area (Å²) in [5.41, 5.74) is 0.573. The van der Waals surface area contributed by atoms with Gasteiger partial charge in [-0.15, -0.1) is 0 Å². The van der Waals surface area contributed by atoms with E-state index < -0.39 is 5.41 Å². The number of aromatic nitrogens is 2. The van der Waals surface area contributed by atoms with Crippen molar-refractivity contribution in [2.24, 2.45) is 5.92 Å². The molecule has 1 aromatic heterocycles. The molecular formula is C23H30N4O5. The van der Waals surface area contributed by atoms with Crippen LogP contribution in [0.4, 0.5) is 0 Å². The molecule has 32 heavy (non-hydrogen) atoms. The summed E-state index contributed by atoms with van der Waals surface area (Å²) < 4.78 is 16.0. The maximum absolute atomic E-state index is 12.7. The van der Waals surface area contributed by atoms with Crippen molar-refractivity contribution < 1.29 is 23.6 Å². The minimum absolute atomic E-state index is 0.00273. The van der Waals surface area contributed by atoms with Crippen LogP contribution in [0.5, 0.6) is 5.75 Å². The van der Waals surface area contributed by atoms with Crippen LogP contribution in [0.2, 0.25) is 0 Å². The van der Waals surface area contributed by atoms with E-state index in [1.54, 1.807) is 14.0 Å². The maximum atomic E-state index is 12.7. The fourth-order valence-electron chi connectivity index (χ4n) is 5.17. The van der Waals surface area contributed by atoms with Crippen molar-refractivity contribution in [1.29, 1.82) is 0 Å². The lowest BCUT2D eigenvalue weighted by Crippen LogP contribution is -2.40. The number of amides is 2. The summed E-state index contributed by atoms with van der Waals surface area (Å²) in [6, 6.07) is 7.74. The SMILES string of the molecule is COCC(=O)N1CC2CC(NC(=O)CCc3ccccc3OC)CC2(c2nc(C)no2)C1. The molecule has 2 amide bonds. The maximum Gasteiger partial charge on any atom is 0.248 e. The molecule has 1 aliphatic heterocycles. The number of methoxy groups -OCH3 is 2. The van der Waals surface area contributed by atoms with E-state index in [2.05, 4.69) is 15.5 Å². The molecule has 2 aromatic rings. The van der Waals surface area contributed by atoms with E-state index in [9.17, 15) is 9.59 Å². The Kier molecular flexibility index (Phi) is 6.45. The highest BCUT2D eigenvalue weighted by Crippen LogP contribution is 2.50. The van der Waals surface area contributed by atoms with Gasteiger partial charge in [0, 0.05) is 32.7 Å². The van der Waals surface area contributed by atoms with Gasteiger partial charge in [-0.05, 0) is 43.7 Å². The van der Waals surface area contributed by atoms with Gasteiger partial charge in [-0.25, -0.2) is 0 Å². The van der Waals surface area contributed by atoms with Crippen LogP contribution in [0.25, 0.3) is 0 Å². The van der Waals surface area contributed by atoms with Crippen molar-refractivity contribution in [3.8, 4) is 5.75 Å². The lowest BCUT2D eigenvalue weighted by Gasteiger charge is -2.25. The van der Waals surface area contributed by atoms with E-state index in [1.807, 2.05) is 29.2 Å². The largest absolute Gasteiger partial charge is 0.496 e. The zero-order chi connectivity index (χ0) is 22.7. The van der Waals surface area contributed by atoms with Crippen molar-refractivity contribution in [3.05, 3.63) is 41.5 Å². The minimum Gasteiger partial charge on any atom is -0.496 e. The summed E-state index contributed by atoms with van der Waals surface area (Å²) in [6.45, 7) is 2.93. The smallest absolute Gasteiger partial charge is 0.248 e. The second-order valence-electron chi connectivity index (χ2n) is 8.72.